The van der Waals surface area contributed by atoms with Crippen molar-refractivity contribution >= 4 is 23.5 Å². The van der Waals surface area contributed by atoms with E-state index in [1.165, 1.54) is 28.2 Å². The molecule has 2 N–H and O–H groups in total. The normalized spacial score (nSPS) is 17.8. The maximum atomic E-state index is 6.13. The zero-order valence-corrected chi connectivity index (χ0v) is 10.9. The molecule has 82 valence electrons. The number of hydrogen-bond donors (Lipinski definition) is 1. The highest BCUT2D eigenvalue weighted by molar-refractivity contribution is 8.01. The highest BCUT2D eigenvalue weighted by atomic mass is 32.2. The predicted octanol–water partition coefficient (Wildman–Crippen LogP) is 3.16. The Bertz CT molecular complexity index is 359. The maximum absolute atomic E-state index is 6.13. The van der Waals surface area contributed by atoms with E-state index in [0.717, 1.165) is 6.42 Å². The molecule has 0 heterocycles. The minimum absolute atomic E-state index is 0.122. The molecular weight excluding hydrogens is 222 g/mol. The third-order valence-corrected chi connectivity index (χ3v) is 4.60. The summed E-state index contributed by atoms with van der Waals surface area (Å²) in [6, 6.07) is 6.74. The average Bonchev–Trinajstić information content (AvgIpc) is 2.96. The van der Waals surface area contributed by atoms with E-state index in [1.807, 2.05) is 23.5 Å². The van der Waals surface area contributed by atoms with E-state index in [0.29, 0.717) is 0 Å². The maximum Gasteiger partial charge on any atom is 0.0208 e. The molecule has 1 aromatic rings. The van der Waals surface area contributed by atoms with E-state index in [9.17, 15) is 0 Å². The molecule has 0 atom stereocenters. The topological polar surface area (TPSA) is 26.0 Å². The Kier molecular flexibility index (Phi) is 3.33. The summed E-state index contributed by atoms with van der Waals surface area (Å²) in [7, 11) is 0. The molecular formula is C12H17NS2. The number of thioether (sulfide) groups is 2. The SMILES string of the molecule is CSc1ccc(CC2(N)CC2)cc1SC. The summed E-state index contributed by atoms with van der Waals surface area (Å²) in [6.45, 7) is 0. The number of nitrogens with two attached hydrogens (primary N) is 1. The molecule has 1 saturated carbocycles. The third kappa shape index (κ3) is 2.71. The van der Waals surface area contributed by atoms with Gasteiger partial charge in [0.25, 0.3) is 0 Å². The second-order valence-electron chi connectivity index (χ2n) is 4.23. The van der Waals surface area contributed by atoms with Crippen LogP contribution in [0.25, 0.3) is 0 Å². The highest BCUT2D eigenvalue weighted by Crippen LogP contribution is 2.37. The van der Waals surface area contributed by atoms with Crippen LogP contribution in [0.1, 0.15) is 18.4 Å². The van der Waals surface area contributed by atoms with Gasteiger partial charge in [0, 0.05) is 15.3 Å². The van der Waals surface area contributed by atoms with Crippen LogP contribution in [0.2, 0.25) is 0 Å². The first-order valence-corrected chi connectivity index (χ1v) is 7.62. The second kappa shape index (κ2) is 4.40. The Balaban J connectivity index is 2.18. The zero-order valence-electron chi connectivity index (χ0n) is 9.25. The predicted molar refractivity (Wildman–Crippen MR) is 69.9 cm³/mol. The van der Waals surface area contributed by atoms with Crippen LogP contribution < -0.4 is 5.73 Å². The molecule has 1 fully saturated rings. The van der Waals surface area contributed by atoms with Crippen LogP contribution >= 0.6 is 23.5 Å². The summed E-state index contributed by atoms with van der Waals surface area (Å²) < 4.78 is 0. The molecule has 1 nitrogen and oxygen atoms in total. The van der Waals surface area contributed by atoms with Gasteiger partial charge in [-0.3, -0.25) is 0 Å². The van der Waals surface area contributed by atoms with Crippen molar-refractivity contribution < 1.29 is 0 Å². The Morgan fingerprint density at radius 2 is 1.87 bits per heavy atom. The van der Waals surface area contributed by atoms with E-state index in [4.69, 9.17) is 5.73 Å². The van der Waals surface area contributed by atoms with Gasteiger partial charge in [0.05, 0.1) is 0 Å². The van der Waals surface area contributed by atoms with Crippen LogP contribution in [-0.2, 0) is 6.42 Å². The molecule has 2 rings (SSSR count). The van der Waals surface area contributed by atoms with Gasteiger partial charge in [-0.05, 0) is 49.5 Å². The Morgan fingerprint density at radius 1 is 1.20 bits per heavy atom. The van der Waals surface area contributed by atoms with Crippen molar-refractivity contribution in [3.05, 3.63) is 23.8 Å². The molecule has 1 aliphatic carbocycles. The van der Waals surface area contributed by atoms with Crippen molar-refractivity contribution in [2.24, 2.45) is 5.73 Å². The molecule has 0 aromatic heterocycles. The lowest BCUT2D eigenvalue weighted by Crippen LogP contribution is -2.24. The summed E-state index contributed by atoms with van der Waals surface area (Å²) in [4.78, 5) is 2.75. The van der Waals surface area contributed by atoms with Crippen LogP contribution in [-0.4, -0.2) is 18.1 Å². The van der Waals surface area contributed by atoms with Crippen LogP contribution in [0.4, 0.5) is 0 Å². The third-order valence-electron chi connectivity index (χ3n) is 2.90. The molecule has 1 aliphatic rings. The lowest BCUT2D eigenvalue weighted by molar-refractivity contribution is 0.670. The molecule has 1 aromatic carbocycles. The van der Waals surface area contributed by atoms with Crippen molar-refractivity contribution in [3.8, 4) is 0 Å². The Hall–Kier alpha value is -0.120. The van der Waals surface area contributed by atoms with Crippen molar-refractivity contribution in [3.63, 3.8) is 0 Å². The average molecular weight is 239 g/mol. The monoisotopic (exact) mass is 239 g/mol. The summed E-state index contributed by atoms with van der Waals surface area (Å²) in [6.07, 6.45) is 7.67. The van der Waals surface area contributed by atoms with Crippen LogP contribution in [0.15, 0.2) is 28.0 Å². The van der Waals surface area contributed by atoms with Crippen LogP contribution in [0, 0.1) is 0 Å². The van der Waals surface area contributed by atoms with Crippen molar-refractivity contribution in [2.75, 3.05) is 12.5 Å². The molecule has 15 heavy (non-hydrogen) atoms. The molecule has 0 bridgehead atoms. The fourth-order valence-corrected chi connectivity index (χ4v) is 3.24. The van der Waals surface area contributed by atoms with Crippen LogP contribution in [0.3, 0.4) is 0 Å². The molecule has 0 saturated heterocycles. The Morgan fingerprint density at radius 3 is 2.40 bits per heavy atom. The Labute approximate surface area is 100 Å². The van der Waals surface area contributed by atoms with E-state index in [2.05, 4.69) is 30.7 Å². The van der Waals surface area contributed by atoms with Gasteiger partial charge in [0.2, 0.25) is 0 Å². The van der Waals surface area contributed by atoms with E-state index in [1.54, 1.807) is 0 Å². The molecule has 0 radical (unpaired) electrons. The summed E-state index contributed by atoms with van der Waals surface area (Å²) in [5, 5.41) is 0. The molecule has 0 aliphatic heterocycles. The van der Waals surface area contributed by atoms with Gasteiger partial charge in [-0.2, -0.15) is 0 Å². The highest BCUT2D eigenvalue weighted by Gasteiger charge is 2.37. The summed E-state index contributed by atoms with van der Waals surface area (Å²) >= 11 is 3.63. The van der Waals surface area contributed by atoms with Gasteiger partial charge >= 0.3 is 0 Å². The van der Waals surface area contributed by atoms with E-state index < -0.39 is 0 Å². The molecule has 3 heteroatoms. The summed E-state index contributed by atoms with van der Waals surface area (Å²) in [5.41, 5.74) is 7.64. The zero-order chi connectivity index (χ0) is 10.9. The van der Waals surface area contributed by atoms with Crippen molar-refractivity contribution in [1.29, 1.82) is 0 Å². The van der Waals surface area contributed by atoms with E-state index >= 15 is 0 Å². The molecule has 0 amide bonds. The van der Waals surface area contributed by atoms with Gasteiger partial charge in [0.15, 0.2) is 0 Å². The second-order valence-corrected chi connectivity index (χ2v) is 5.92. The van der Waals surface area contributed by atoms with Gasteiger partial charge in [-0.15, -0.1) is 23.5 Å². The summed E-state index contributed by atoms with van der Waals surface area (Å²) in [5.74, 6) is 0. The van der Waals surface area contributed by atoms with Gasteiger partial charge in [-0.25, -0.2) is 0 Å². The minimum Gasteiger partial charge on any atom is -0.325 e. The van der Waals surface area contributed by atoms with Gasteiger partial charge in [-0.1, -0.05) is 6.07 Å². The van der Waals surface area contributed by atoms with Crippen molar-refractivity contribution in [1.82, 2.24) is 0 Å². The first-order valence-electron chi connectivity index (χ1n) is 5.17. The fraction of sp³-hybridized carbons (Fsp3) is 0.500. The number of benzene rings is 1. The number of hydrogen-bond acceptors (Lipinski definition) is 3. The lowest BCUT2D eigenvalue weighted by Gasteiger charge is -2.11. The standard InChI is InChI=1S/C12H17NS2/c1-14-10-4-3-9(7-11(10)15-2)8-12(13)5-6-12/h3-4,7H,5-6,8,13H2,1-2H3. The quantitative estimate of drug-likeness (QED) is 0.817. The fourth-order valence-electron chi connectivity index (χ4n) is 1.73. The minimum atomic E-state index is 0.122. The first-order chi connectivity index (χ1) is 7.17. The van der Waals surface area contributed by atoms with Gasteiger partial charge in [0.1, 0.15) is 0 Å². The first kappa shape index (κ1) is 11.4. The number of rotatable bonds is 4. The van der Waals surface area contributed by atoms with Crippen molar-refractivity contribution in [2.45, 2.75) is 34.6 Å². The van der Waals surface area contributed by atoms with Crippen LogP contribution in [0.5, 0.6) is 0 Å². The smallest absolute Gasteiger partial charge is 0.0208 e. The van der Waals surface area contributed by atoms with Gasteiger partial charge < -0.3 is 5.73 Å². The molecule has 0 unspecified atom stereocenters. The van der Waals surface area contributed by atoms with E-state index in [-0.39, 0.29) is 5.54 Å². The molecule has 0 spiro atoms. The lowest BCUT2D eigenvalue weighted by atomic mass is 10.1. The largest absolute Gasteiger partial charge is 0.325 e.